The second-order valence-electron chi connectivity index (χ2n) is 6.91. The first-order valence-electron chi connectivity index (χ1n) is 7.47. The molecule has 7 heteroatoms. The van der Waals surface area contributed by atoms with Gasteiger partial charge in [-0.1, -0.05) is 13.8 Å². The van der Waals surface area contributed by atoms with Crippen LogP contribution in [-0.2, 0) is 14.3 Å². The Hall–Kier alpha value is -0.790. The second-order valence-corrected chi connectivity index (χ2v) is 7.35. The Morgan fingerprint density at radius 1 is 1.14 bits per heavy atom. The number of rotatable bonds is 9. The topological polar surface area (TPSA) is 87.7 Å². The van der Waals surface area contributed by atoms with E-state index in [1.165, 1.54) is 0 Å². The van der Waals surface area contributed by atoms with E-state index in [-0.39, 0.29) is 31.1 Å². The number of aliphatic hydroxyl groups is 1. The summed E-state index contributed by atoms with van der Waals surface area (Å²) in [6, 6.07) is 0. The van der Waals surface area contributed by atoms with Crippen molar-refractivity contribution in [2.24, 2.45) is 5.41 Å². The average molecular weight is 334 g/mol. The van der Waals surface area contributed by atoms with E-state index < -0.39 is 17.4 Å². The smallest absolute Gasteiger partial charge is 0.249 e. The molecule has 0 saturated carbocycles. The van der Waals surface area contributed by atoms with Crippen LogP contribution in [0.2, 0.25) is 0 Å². The number of carbonyl (C=O) groups is 2. The molecule has 0 saturated heterocycles. The molecule has 0 fully saturated rings. The molecule has 0 aromatic heterocycles. The third kappa shape index (κ3) is 9.27. The predicted octanol–water partition coefficient (Wildman–Crippen LogP) is 0.741. The van der Waals surface area contributed by atoms with Crippen molar-refractivity contribution in [2.45, 2.75) is 52.7 Å². The van der Waals surface area contributed by atoms with Crippen LogP contribution in [0.25, 0.3) is 0 Å². The third-order valence-corrected chi connectivity index (χ3v) is 3.17. The average Bonchev–Trinajstić information content (AvgIpc) is 2.41. The molecular formula is C15H30N2O4S. The summed E-state index contributed by atoms with van der Waals surface area (Å²) in [5, 5.41) is 15.4. The minimum atomic E-state index is -1.20. The summed E-state index contributed by atoms with van der Waals surface area (Å²) in [5.74, 6) is -0.0811. The minimum absolute atomic E-state index is 0.154. The van der Waals surface area contributed by atoms with Crippen molar-refractivity contribution in [2.75, 3.05) is 25.4 Å². The molecule has 0 heterocycles. The van der Waals surface area contributed by atoms with E-state index in [2.05, 4.69) is 23.3 Å². The number of hydrogen-bond donors (Lipinski definition) is 4. The lowest BCUT2D eigenvalue weighted by atomic mass is 9.86. The predicted molar refractivity (Wildman–Crippen MR) is 90.0 cm³/mol. The standard InChI is InChI=1S/C15H30N2O4S/c1-14(2,3)21-10-15(4,5)12(19)13(20)17-7-6-11(18)16-8-9-22/h12,19,22H,6-10H2,1-5H3,(H,16,18)(H,17,20)/t12-/m0/s1. The second kappa shape index (κ2) is 9.37. The maximum Gasteiger partial charge on any atom is 0.249 e. The summed E-state index contributed by atoms with van der Waals surface area (Å²) >= 11 is 3.99. The molecule has 0 unspecified atom stereocenters. The molecular weight excluding hydrogens is 304 g/mol. The lowest BCUT2D eigenvalue weighted by Gasteiger charge is -2.32. The monoisotopic (exact) mass is 334 g/mol. The Morgan fingerprint density at radius 3 is 2.23 bits per heavy atom. The van der Waals surface area contributed by atoms with Crippen molar-refractivity contribution in [1.29, 1.82) is 0 Å². The highest BCUT2D eigenvalue weighted by atomic mass is 32.1. The van der Waals surface area contributed by atoms with Crippen LogP contribution in [-0.4, -0.2) is 54.1 Å². The summed E-state index contributed by atoms with van der Waals surface area (Å²) in [7, 11) is 0. The number of ether oxygens (including phenoxy) is 1. The highest BCUT2D eigenvalue weighted by Gasteiger charge is 2.34. The van der Waals surface area contributed by atoms with Gasteiger partial charge >= 0.3 is 0 Å². The first kappa shape index (κ1) is 21.2. The summed E-state index contributed by atoms with van der Waals surface area (Å²) in [6.07, 6.45) is -1.03. The fourth-order valence-corrected chi connectivity index (χ4v) is 1.63. The Balaban J connectivity index is 4.21. The van der Waals surface area contributed by atoms with Gasteiger partial charge in [-0.25, -0.2) is 0 Å². The van der Waals surface area contributed by atoms with Crippen LogP contribution in [0, 0.1) is 5.41 Å². The molecule has 0 aromatic rings. The van der Waals surface area contributed by atoms with Crippen molar-refractivity contribution in [3.8, 4) is 0 Å². The van der Waals surface area contributed by atoms with Gasteiger partial charge in [-0.2, -0.15) is 12.6 Å². The fraction of sp³-hybridized carbons (Fsp3) is 0.867. The third-order valence-electron chi connectivity index (χ3n) is 2.95. The Bertz CT molecular complexity index is 367. The molecule has 0 rings (SSSR count). The molecule has 130 valence electrons. The Morgan fingerprint density at radius 2 is 1.73 bits per heavy atom. The van der Waals surface area contributed by atoms with E-state index in [1.807, 2.05) is 20.8 Å². The highest BCUT2D eigenvalue weighted by Crippen LogP contribution is 2.24. The van der Waals surface area contributed by atoms with E-state index in [0.717, 1.165) is 0 Å². The van der Waals surface area contributed by atoms with Gasteiger partial charge in [0.1, 0.15) is 6.10 Å². The molecule has 0 aromatic carbocycles. The van der Waals surface area contributed by atoms with Gasteiger partial charge in [0, 0.05) is 30.7 Å². The van der Waals surface area contributed by atoms with Crippen LogP contribution >= 0.6 is 12.6 Å². The molecule has 0 aliphatic heterocycles. The molecule has 0 aliphatic rings. The summed E-state index contributed by atoms with van der Waals surface area (Å²) in [6.45, 7) is 10.2. The maximum atomic E-state index is 11.9. The van der Waals surface area contributed by atoms with Gasteiger partial charge in [0.25, 0.3) is 0 Å². The molecule has 3 N–H and O–H groups in total. The lowest BCUT2D eigenvalue weighted by molar-refractivity contribution is -0.142. The first-order valence-corrected chi connectivity index (χ1v) is 8.10. The molecule has 2 amide bonds. The van der Waals surface area contributed by atoms with Gasteiger partial charge in [0.05, 0.1) is 12.2 Å². The van der Waals surface area contributed by atoms with E-state index in [4.69, 9.17) is 4.74 Å². The van der Waals surface area contributed by atoms with Crippen LogP contribution in [0.4, 0.5) is 0 Å². The zero-order valence-electron chi connectivity index (χ0n) is 14.2. The largest absolute Gasteiger partial charge is 0.383 e. The van der Waals surface area contributed by atoms with Gasteiger partial charge in [-0.15, -0.1) is 0 Å². The van der Waals surface area contributed by atoms with Crippen LogP contribution in [0.3, 0.4) is 0 Å². The van der Waals surface area contributed by atoms with Gasteiger partial charge < -0.3 is 20.5 Å². The van der Waals surface area contributed by atoms with Gasteiger partial charge in [0.2, 0.25) is 11.8 Å². The van der Waals surface area contributed by atoms with Crippen molar-refractivity contribution >= 4 is 24.4 Å². The number of amides is 2. The zero-order chi connectivity index (χ0) is 17.4. The molecule has 1 atom stereocenters. The molecule has 0 aliphatic carbocycles. The maximum absolute atomic E-state index is 11.9. The SMILES string of the molecule is CC(C)(C)OCC(C)(C)[C@@H](O)C(=O)NCCC(=O)NCCS. The van der Waals surface area contributed by atoms with Crippen molar-refractivity contribution in [3.63, 3.8) is 0 Å². The zero-order valence-corrected chi connectivity index (χ0v) is 15.1. The van der Waals surface area contributed by atoms with Crippen LogP contribution in [0.5, 0.6) is 0 Å². The highest BCUT2D eigenvalue weighted by molar-refractivity contribution is 7.80. The Labute approximate surface area is 138 Å². The summed E-state index contributed by atoms with van der Waals surface area (Å²) in [5.41, 5.74) is -1.05. The van der Waals surface area contributed by atoms with Crippen molar-refractivity contribution in [3.05, 3.63) is 0 Å². The molecule has 6 nitrogen and oxygen atoms in total. The van der Waals surface area contributed by atoms with E-state index in [9.17, 15) is 14.7 Å². The van der Waals surface area contributed by atoms with Gasteiger partial charge in [0.15, 0.2) is 0 Å². The van der Waals surface area contributed by atoms with Crippen molar-refractivity contribution in [1.82, 2.24) is 10.6 Å². The molecule has 22 heavy (non-hydrogen) atoms. The van der Waals surface area contributed by atoms with Crippen LogP contribution in [0.1, 0.15) is 41.0 Å². The number of carbonyl (C=O) groups excluding carboxylic acids is 2. The van der Waals surface area contributed by atoms with E-state index in [1.54, 1.807) is 13.8 Å². The van der Waals surface area contributed by atoms with E-state index in [0.29, 0.717) is 12.3 Å². The van der Waals surface area contributed by atoms with Crippen molar-refractivity contribution < 1.29 is 19.4 Å². The number of thiol groups is 1. The Kier molecular flexibility index (Phi) is 9.04. The lowest BCUT2D eigenvalue weighted by Crippen LogP contribution is -2.47. The summed E-state index contributed by atoms with van der Waals surface area (Å²) in [4.78, 5) is 23.3. The molecule has 0 bridgehead atoms. The normalized spacial score (nSPS) is 13.6. The fourth-order valence-electron chi connectivity index (χ4n) is 1.52. The van der Waals surface area contributed by atoms with Crippen LogP contribution < -0.4 is 10.6 Å². The molecule has 0 spiro atoms. The summed E-state index contributed by atoms with van der Waals surface area (Å²) < 4.78 is 5.64. The minimum Gasteiger partial charge on any atom is -0.383 e. The quantitative estimate of drug-likeness (QED) is 0.468. The van der Waals surface area contributed by atoms with Gasteiger partial charge in [-0.05, 0) is 20.8 Å². The van der Waals surface area contributed by atoms with Gasteiger partial charge in [-0.3, -0.25) is 9.59 Å². The van der Waals surface area contributed by atoms with E-state index >= 15 is 0 Å². The number of aliphatic hydroxyl groups excluding tert-OH is 1. The first-order chi connectivity index (χ1) is 9.99. The molecule has 0 radical (unpaired) electrons. The number of nitrogens with one attached hydrogen (secondary N) is 2. The number of hydrogen-bond acceptors (Lipinski definition) is 5. The van der Waals surface area contributed by atoms with Crippen LogP contribution in [0.15, 0.2) is 0 Å².